The number of hydrogen-bond donors (Lipinski definition) is 3. The summed E-state index contributed by atoms with van der Waals surface area (Å²) in [5.41, 5.74) is 5.72. The SMILES string of the molecule is CC(Oc1cc2onc(CCC(=O)OCC(N)(CO)CO)c2cc1Cl)c1ccc(F)cn1. The highest BCUT2D eigenvalue weighted by Crippen LogP contribution is 2.34. The number of halogens is 2. The minimum absolute atomic E-state index is 0.0162. The molecular weight excluding hydrogens is 445 g/mol. The largest absolute Gasteiger partial charge is 0.483 e. The number of aryl methyl sites for hydroxylation is 1. The first-order chi connectivity index (χ1) is 15.2. The molecule has 0 radical (unpaired) electrons. The van der Waals surface area contributed by atoms with Crippen molar-refractivity contribution in [2.24, 2.45) is 5.73 Å². The van der Waals surface area contributed by atoms with Gasteiger partial charge in [0.2, 0.25) is 0 Å². The van der Waals surface area contributed by atoms with Gasteiger partial charge in [0.05, 0.1) is 47.8 Å². The van der Waals surface area contributed by atoms with Gasteiger partial charge in [-0.3, -0.25) is 9.78 Å². The van der Waals surface area contributed by atoms with Crippen molar-refractivity contribution < 1.29 is 33.4 Å². The van der Waals surface area contributed by atoms with Gasteiger partial charge in [0.1, 0.15) is 24.3 Å². The summed E-state index contributed by atoms with van der Waals surface area (Å²) in [6, 6.07) is 6.02. The predicted octanol–water partition coefficient (Wildman–Crippen LogP) is 2.31. The van der Waals surface area contributed by atoms with E-state index >= 15 is 0 Å². The maximum Gasteiger partial charge on any atom is 0.306 e. The van der Waals surface area contributed by atoms with Crippen molar-refractivity contribution in [3.63, 3.8) is 0 Å². The second kappa shape index (κ2) is 10.2. The van der Waals surface area contributed by atoms with E-state index in [0.29, 0.717) is 33.1 Å². The van der Waals surface area contributed by atoms with Gasteiger partial charge in [-0.1, -0.05) is 16.8 Å². The summed E-state index contributed by atoms with van der Waals surface area (Å²) in [4.78, 5) is 16.0. The minimum Gasteiger partial charge on any atom is -0.483 e. The maximum atomic E-state index is 13.1. The second-order valence-electron chi connectivity index (χ2n) is 7.41. The van der Waals surface area contributed by atoms with Crippen LogP contribution in [0.4, 0.5) is 4.39 Å². The number of esters is 1. The van der Waals surface area contributed by atoms with Crippen LogP contribution in [-0.2, 0) is 16.0 Å². The number of pyridine rings is 1. The molecule has 2 aromatic heterocycles. The lowest BCUT2D eigenvalue weighted by atomic mass is 10.1. The molecule has 3 rings (SSSR count). The smallest absolute Gasteiger partial charge is 0.306 e. The summed E-state index contributed by atoms with van der Waals surface area (Å²) in [6.07, 6.45) is 0.816. The first-order valence-corrected chi connectivity index (χ1v) is 10.1. The lowest BCUT2D eigenvalue weighted by molar-refractivity contribution is -0.146. The summed E-state index contributed by atoms with van der Waals surface area (Å²) in [7, 11) is 0. The van der Waals surface area contributed by atoms with Crippen molar-refractivity contribution in [2.45, 2.75) is 31.4 Å². The standard InChI is InChI=1S/C21H23ClFN3O6/c1-12(16-3-2-13(23)8-25-16)31-19-7-18-14(6-15(19)22)17(26-32-18)4-5-20(29)30-11-21(24,9-27)10-28/h2-3,6-8,12,27-28H,4-5,9-11,24H2,1H3. The van der Waals surface area contributed by atoms with Crippen LogP contribution in [0.5, 0.6) is 5.75 Å². The molecule has 9 nitrogen and oxygen atoms in total. The van der Waals surface area contributed by atoms with Gasteiger partial charge in [0, 0.05) is 17.9 Å². The molecule has 0 spiro atoms. The molecule has 172 valence electrons. The third-order valence-corrected chi connectivity index (χ3v) is 5.08. The molecule has 0 fully saturated rings. The molecule has 1 unspecified atom stereocenters. The molecule has 1 aromatic carbocycles. The van der Waals surface area contributed by atoms with E-state index in [9.17, 15) is 9.18 Å². The molecule has 4 N–H and O–H groups in total. The molecule has 0 aliphatic carbocycles. The van der Waals surface area contributed by atoms with Crippen LogP contribution < -0.4 is 10.5 Å². The highest BCUT2D eigenvalue weighted by molar-refractivity contribution is 6.32. The molecule has 0 saturated carbocycles. The van der Waals surface area contributed by atoms with Crippen LogP contribution in [0.2, 0.25) is 5.02 Å². The molecule has 0 bridgehead atoms. The van der Waals surface area contributed by atoms with Crippen LogP contribution in [0.15, 0.2) is 35.0 Å². The van der Waals surface area contributed by atoms with Crippen molar-refractivity contribution >= 4 is 28.5 Å². The van der Waals surface area contributed by atoms with Crippen molar-refractivity contribution in [3.05, 3.63) is 52.7 Å². The van der Waals surface area contributed by atoms with Crippen LogP contribution in [0, 0.1) is 5.82 Å². The fourth-order valence-corrected chi connectivity index (χ4v) is 3.00. The van der Waals surface area contributed by atoms with Gasteiger partial charge in [-0.05, 0) is 25.1 Å². The van der Waals surface area contributed by atoms with E-state index in [0.717, 1.165) is 6.20 Å². The summed E-state index contributed by atoms with van der Waals surface area (Å²) in [5.74, 6) is -0.667. The Morgan fingerprint density at radius 3 is 2.75 bits per heavy atom. The number of nitrogens with two attached hydrogens (primary N) is 1. The Morgan fingerprint density at radius 2 is 2.09 bits per heavy atom. The number of aromatic nitrogens is 2. The number of benzene rings is 1. The lowest BCUT2D eigenvalue weighted by Crippen LogP contribution is -2.51. The van der Waals surface area contributed by atoms with Crippen molar-refractivity contribution in [1.82, 2.24) is 10.1 Å². The topological polar surface area (TPSA) is 141 Å². The van der Waals surface area contributed by atoms with E-state index in [4.69, 9.17) is 41.5 Å². The van der Waals surface area contributed by atoms with Crippen LogP contribution >= 0.6 is 11.6 Å². The quantitative estimate of drug-likeness (QED) is 0.383. The number of rotatable bonds is 10. The van der Waals surface area contributed by atoms with Crippen LogP contribution in [0.25, 0.3) is 11.0 Å². The molecule has 0 amide bonds. The van der Waals surface area contributed by atoms with E-state index in [1.165, 1.54) is 12.1 Å². The molecule has 0 aliphatic rings. The normalized spacial score (nSPS) is 12.7. The minimum atomic E-state index is -1.39. The summed E-state index contributed by atoms with van der Waals surface area (Å²) in [5, 5.41) is 23.2. The molecule has 1 atom stereocenters. The number of nitrogens with zero attached hydrogens (tertiary/aromatic N) is 2. The van der Waals surface area contributed by atoms with Gasteiger partial charge in [-0.15, -0.1) is 0 Å². The van der Waals surface area contributed by atoms with Crippen LogP contribution in [0.1, 0.15) is 30.8 Å². The highest BCUT2D eigenvalue weighted by atomic mass is 35.5. The molecule has 32 heavy (non-hydrogen) atoms. The highest BCUT2D eigenvalue weighted by Gasteiger charge is 2.25. The number of carbonyl (C=O) groups is 1. The van der Waals surface area contributed by atoms with Gasteiger partial charge >= 0.3 is 5.97 Å². The molecular formula is C21H23ClFN3O6. The third kappa shape index (κ3) is 5.71. The third-order valence-electron chi connectivity index (χ3n) is 4.79. The number of carbonyl (C=O) groups excluding carboxylic acids is 1. The van der Waals surface area contributed by atoms with Crippen molar-refractivity contribution in [1.29, 1.82) is 0 Å². The van der Waals surface area contributed by atoms with Gasteiger partial charge in [0.15, 0.2) is 5.58 Å². The fraction of sp³-hybridized carbons (Fsp3) is 0.381. The van der Waals surface area contributed by atoms with Crippen molar-refractivity contribution in [2.75, 3.05) is 19.8 Å². The van der Waals surface area contributed by atoms with E-state index in [-0.39, 0.29) is 19.4 Å². The molecule has 0 saturated heterocycles. The van der Waals surface area contributed by atoms with Crippen LogP contribution in [0.3, 0.4) is 0 Å². The summed E-state index contributed by atoms with van der Waals surface area (Å²) >= 11 is 6.36. The lowest BCUT2D eigenvalue weighted by Gasteiger charge is -2.23. The fourth-order valence-electron chi connectivity index (χ4n) is 2.80. The number of ether oxygens (including phenoxy) is 2. The zero-order chi connectivity index (χ0) is 23.3. The van der Waals surface area contributed by atoms with Crippen molar-refractivity contribution in [3.8, 4) is 5.75 Å². The number of aliphatic hydroxyl groups is 2. The molecule has 11 heteroatoms. The average molecular weight is 468 g/mol. The monoisotopic (exact) mass is 467 g/mol. The average Bonchev–Trinajstić information content (AvgIpc) is 3.18. The number of fused-ring (bicyclic) bond motifs is 1. The van der Waals surface area contributed by atoms with Gasteiger partial charge in [-0.25, -0.2) is 4.39 Å². The molecule has 0 aliphatic heterocycles. The van der Waals surface area contributed by atoms with E-state index in [1.807, 2.05) is 0 Å². The van der Waals surface area contributed by atoms with Crippen LogP contribution in [-0.4, -0.2) is 51.7 Å². The molecule has 3 aromatic rings. The van der Waals surface area contributed by atoms with E-state index in [1.54, 1.807) is 19.1 Å². The molecule has 2 heterocycles. The Kier molecular flexibility index (Phi) is 7.62. The second-order valence-corrected chi connectivity index (χ2v) is 7.82. The zero-order valence-electron chi connectivity index (χ0n) is 17.3. The number of aliphatic hydroxyl groups excluding tert-OH is 2. The van der Waals surface area contributed by atoms with Gasteiger partial charge in [-0.2, -0.15) is 0 Å². The first kappa shape index (κ1) is 23.9. The summed E-state index contributed by atoms with van der Waals surface area (Å²) < 4.78 is 29.3. The zero-order valence-corrected chi connectivity index (χ0v) is 18.0. The van der Waals surface area contributed by atoms with E-state index < -0.39 is 36.6 Å². The Morgan fingerprint density at radius 1 is 1.34 bits per heavy atom. The first-order valence-electron chi connectivity index (χ1n) is 9.77. The Hall–Kier alpha value is -2.79. The maximum absolute atomic E-state index is 13.1. The predicted molar refractivity (Wildman–Crippen MR) is 113 cm³/mol. The van der Waals surface area contributed by atoms with E-state index in [2.05, 4.69) is 10.1 Å². The Balaban J connectivity index is 1.65. The van der Waals surface area contributed by atoms with Gasteiger partial charge < -0.3 is 29.9 Å². The number of hydrogen-bond acceptors (Lipinski definition) is 9. The Bertz CT molecular complexity index is 1070. The Labute approximate surface area is 187 Å². The van der Waals surface area contributed by atoms with Gasteiger partial charge in [0.25, 0.3) is 0 Å². The summed E-state index contributed by atoms with van der Waals surface area (Å²) in [6.45, 7) is 0.390.